The van der Waals surface area contributed by atoms with Crippen LogP contribution in [0.2, 0.25) is 0 Å². The zero-order chi connectivity index (χ0) is 46.7. The third-order valence-corrected chi connectivity index (χ3v) is 14.4. The summed E-state index contributed by atoms with van der Waals surface area (Å²) in [5.41, 5.74) is 2.92. The zero-order valence-electron chi connectivity index (χ0n) is 39.9. The van der Waals surface area contributed by atoms with Crippen LogP contribution >= 0.6 is 0 Å². The molecule has 358 valence electrons. The molecule has 1 aliphatic carbocycles. The molecule has 4 aliphatic rings. The average molecular weight is 896 g/mol. The maximum atomic E-state index is 14.5. The highest BCUT2D eigenvalue weighted by atomic mass is 16.7. The number of Topliss-reactive ketones (excluding diaryl/α,β-unsaturated/α-hetero) is 2. The van der Waals surface area contributed by atoms with Gasteiger partial charge in [0.05, 0.1) is 37.1 Å². The van der Waals surface area contributed by atoms with Crippen LogP contribution in [-0.2, 0) is 54.0 Å². The Labute approximate surface area is 381 Å². The van der Waals surface area contributed by atoms with Gasteiger partial charge in [-0.25, -0.2) is 4.79 Å². The lowest BCUT2D eigenvalue weighted by molar-refractivity contribution is -0.302. The molecule has 1 aromatic rings. The van der Waals surface area contributed by atoms with E-state index in [4.69, 9.17) is 28.4 Å². The Morgan fingerprint density at radius 1 is 0.891 bits per heavy atom. The van der Waals surface area contributed by atoms with Crippen molar-refractivity contribution in [3.05, 3.63) is 59.2 Å². The second-order valence-electron chi connectivity index (χ2n) is 19.2. The number of ether oxygens (including phenoxy) is 6. The van der Waals surface area contributed by atoms with Crippen molar-refractivity contribution in [2.45, 2.75) is 173 Å². The normalized spacial score (nSPS) is 37.8. The minimum absolute atomic E-state index is 0.0357. The van der Waals surface area contributed by atoms with Crippen LogP contribution in [0.1, 0.15) is 118 Å². The van der Waals surface area contributed by atoms with Crippen LogP contribution < -0.4 is 0 Å². The molecule has 1 amide bonds. The predicted octanol–water partition coefficient (Wildman–Crippen LogP) is 6.74. The van der Waals surface area contributed by atoms with E-state index in [1.807, 2.05) is 45.0 Å². The summed E-state index contributed by atoms with van der Waals surface area (Å²) in [6, 6.07) is 9.09. The van der Waals surface area contributed by atoms with E-state index in [-0.39, 0.29) is 55.6 Å². The third kappa shape index (κ3) is 12.8. The van der Waals surface area contributed by atoms with Crippen molar-refractivity contribution in [2.75, 3.05) is 34.5 Å². The number of aliphatic hydroxyl groups excluding tert-OH is 1. The highest BCUT2D eigenvalue weighted by molar-refractivity contribution is 6.39. The lowest BCUT2D eigenvalue weighted by atomic mass is 9.81. The molecule has 5 rings (SSSR count). The van der Waals surface area contributed by atoms with Crippen molar-refractivity contribution in [1.29, 1.82) is 0 Å². The topological polar surface area (TPSA) is 167 Å². The smallest absolute Gasteiger partial charge is 0.329 e. The lowest BCUT2D eigenvalue weighted by Crippen LogP contribution is -2.64. The van der Waals surface area contributed by atoms with Crippen molar-refractivity contribution >= 4 is 23.4 Å². The third-order valence-electron chi connectivity index (χ3n) is 14.4. The molecule has 0 aromatic heterocycles. The number of carbonyl (C=O) groups is 4. The maximum absolute atomic E-state index is 14.5. The number of fused-ring (bicyclic) bond motifs is 3. The largest absolute Gasteiger partial charge is 0.456 e. The number of amides is 1. The number of benzene rings is 1. The molecule has 3 aliphatic heterocycles. The number of aliphatic hydroxyl groups is 2. The number of nitrogens with zero attached hydrogens (tertiary/aromatic N) is 1. The van der Waals surface area contributed by atoms with Gasteiger partial charge in [-0.2, -0.15) is 0 Å². The second-order valence-corrected chi connectivity index (χ2v) is 19.2. The first-order valence-corrected chi connectivity index (χ1v) is 23.8. The number of allylic oxidation sites excluding steroid dienone is 3. The van der Waals surface area contributed by atoms with Crippen LogP contribution in [0.4, 0.5) is 0 Å². The Bertz CT molecular complexity index is 1770. The van der Waals surface area contributed by atoms with E-state index in [0.717, 1.165) is 24.8 Å². The Kier molecular flexibility index (Phi) is 19.3. The van der Waals surface area contributed by atoms with E-state index in [0.29, 0.717) is 50.7 Å². The summed E-state index contributed by atoms with van der Waals surface area (Å²) in [6.07, 6.45) is 5.86. The molecule has 0 spiro atoms. The van der Waals surface area contributed by atoms with E-state index < -0.39 is 77.8 Å². The SMILES string of the molecule is CC[C@@H]1/C=C(\C)C[C@H](C)C[C@H](OC)[C@H]2O[C@@](O)(C(=O)C(=O)N3CCCC[C@H]3C(=O)O[C@H](/C(C)=C/[C@@H]3CC[C@@H](OCCc4ccccc4)[C@H](OC)C3)[C@H](C)[C@@H](O)CC1=O)[C@H](C)C[C@@H]2OC. The van der Waals surface area contributed by atoms with Crippen LogP contribution in [0.15, 0.2) is 53.6 Å². The molecule has 2 bridgehead atoms. The van der Waals surface area contributed by atoms with Gasteiger partial charge in [-0.3, -0.25) is 14.4 Å². The first-order valence-electron chi connectivity index (χ1n) is 23.8. The van der Waals surface area contributed by atoms with E-state index in [2.05, 4.69) is 25.1 Å². The minimum atomic E-state index is -2.50. The monoisotopic (exact) mass is 896 g/mol. The summed E-state index contributed by atoms with van der Waals surface area (Å²) in [5, 5.41) is 23.9. The van der Waals surface area contributed by atoms with Gasteiger partial charge in [-0.15, -0.1) is 0 Å². The van der Waals surface area contributed by atoms with Gasteiger partial charge in [-0.05, 0) is 107 Å². The molecule has 1 aromatic carbocycles. The summed E-state index contributed by atoms with van der Waals surface area (Å²) in [6.45, 7) is 12.0. The number of cyclic esters (lactones) is 1. The first-order chi connectivity index (χ1) is 30.5. The Balaban J connectivity index is 1.45. The highest BCUT2D eigenvalue weighted by Gasteiger charge is 2.56. The quantitative estimate of drug-likeness (QED) is 0.145. The molecule has 3 fully saturated rings. The molecule has 13 nitrogen and oxygen atoms in total. The highest BCUT2D eigenvalue weighted by Crippen LogP contribution is 2.39. The number of rotatable bonds is 10. The van der Waals surface area contributed by atoms with E-state index in [9.17, 15) is 29.4 Å². The summed E-state index contributed by atoms with van der Waals surface area (Å²) >= 11 is 0. The van der Waals surface area contributed by atoms with Crippen LogP contribution in [0.5, 0.6) is 0 Å². The van der Waals surface area contributed by atoms with Gasteiger partial charge in [-0.1, -0.05) is 75.8 Å². The van der Waals surface area contributed by atoms with Crippen molar-refractivity contribution in [3.8, 4) is 0 Å². The van der Waals surface area contributed by atoms with Crippen LogP contribution in [0.3, 0.4) is 0 Å². The van der Waals surface area contributed by atoms with E-state index in [1.54, 1.807) is 35.2 Å². The number of carbonyl (C=O) groups excluding carboxylic acids is 4. The van der Waals surface area contributed by atoms with Gasteiger partial charge < -0.3 is 43.5 Å². The summed E-state index contributed by atoms with van der Waals surface area (Å²) in [7, 11) is 4.77. The fraction of sp³-hybridized carbons (Fsp3) is 0.725. The lowest BCUT2D eigenvalue weighted by Gasteiger charge is -2.47. The van der Waals surface area contributed by atoms with Gasteiger partial charge >= 0.3 is 5.97 Å². The van der Waals surface area contributed by atoms with Crippen molar-refractivity contribution < 1.29 is 57.8 Å². The molecule has 13 heteroatoms. The molecule has 3 heterocycles. The summed E-state index contributed by atoms with van der Waals surface area (Å²) in [5.74, 6) is -7.38. The number of hydrogen-bond acceptors (Lipinski definition) is 12. The standard InChI is InChI=1S/C51H77NO12/c1-10-38-25-31(2)24-32(3)26-44(60-8)47-45(61-9)28-34(5)51(58,64-47)48(55)49(56)52-22-15-14-18-39(52)50(57)63-46(35(6)40(53)30-41(38)54)33(4)27-37-19-20-42(43(29-37)59-7)62-23-21-36-16-12-11-13-17-36/h11-13,16-17,25,27,32,34-35,37-40,42-47,53,58H,10,14-15,18-24,26,28-30H2,1-9H3/b31-25+,33-27+/t32-,34+,35+,37-,38+,39-,40-,42+,43+,44-,45-,46+,47+,51+/m0/s1. The van der Waals surface area contributed by atoms with Crippen molar-refractivity contribution in [2.24, 2.45) is 29.6 Å². The molecule has 64 heavy (non-hydrogen) atoms. The fourth-order valence-corrected chi connectivity index (χ4v) is 10.5. The van der Waals surface area contributed by atoms with Gasteiger partial charge in [0.2, 0.25) is 5.79 Å². The molecule has 2 saturated heterocycles. The van der Waals surface area contributed by atoms with Crippen LogP contribution in [0.25, 0.3) is 0 Å². The number of esters is 1. The van der Waals surface area contributed by atoms with Crippen molar-refractivity contribution in [3.63, 3.8) is 0 Å². The van der Waals surface area contributed by atoms with Crippen LogP contribution in [-0.4, -0.2) is 128 Å². The first kappa shape index (κ1) is 51.7. The minimum Gasteiger partial charge on any atom is -0.456 e. The number of ketones is 2. The van der Waals surface area contributed by atoms with Gasteiger partial charge in [0.15, 0.2) is 0 Å². The number of methoxy groups -OCH3 is 3. The summed E-state index contributed by atoms with van der Waals surface area (Å²) < 4.78 is 36.7. The number of piperidine rings is 1. The predicted molar refractivity (Wildman–Crippen MR) is 242 cm³/mol. The fourth-order valence-electron chi connectivity index (χ4n) is 10.5. The molecule has 1 saturated carbocycles. The maximum Gasteiger partial charge on any atom is 0.329 e. The Morgan fingerprint density at radius 2 is 1.58 bits per heavy atom. The molecular formula is C51H77NO12. The van der Waals surface area contributed by atoms with Gasteiger partial charge in [0, 0.05) is 52.0 Å². The molecule has 14 atom stereocenters. The zero-order valence-corrected chi connectivity index (χ0v) is 39.9. The molecule has 2 N–H and O–H groups in total. The van der Waals surface area contributed by atoms with E-state index in [1.165, 1.54) is 10.5 Å². The number of hydrogen-bond donors (Lipinski definition) is 2. The van der Waals surface area contributed by atoms with E-state index >= 15 is 0 Å². The van der Waals surface area contributed by atoms with Gasteiger partial charge in [0.25, 0.3) is 11.7 Å². The second kappa shape index (κ2) is 23.9. The Hall–Kier alpha value is -3.30. The van der Waals surface area contributed by atoms with Crippen LogP contribution in [0, 0.1) is 29.6 Å². The summed E-state index contributed by atoms with van der Waals surface area (Å²) in [4.78, 5) is 58.3. The molecule has 0 unspecified atom stereocenters. The molecule has 0 radical (unpaired) electrons. The van der Waals surface area contributed by atoms with Crippen molar-refractivity contribution in [1.82, 2.24) is 4.90 Å². The average Bonchev–Trinajstić information content (AvgIpc) is 3.29. The Morgan fingerprint density at radius 3 is 2.25 bits per heavy atom. The molecular weight excluding hydrogens is 819 g/mol. The van der Waals surface area contributed by atoms with Gasteiger partial charge in [0.1, 0.15) is 24.0 Å².